The number of amides is 3. The number of nitrogens with one attached hydrogen (secondary N) is 2. The number of carbonyl (C=O) groups excluding carboxylic acids is 3. The number of nitrogens with two attached hydrogens (primary N) is 1. The number of benzene rings is 2. The lowest BCUT2D eigenvalue weighted by Gasteiger charge is -2.32. The number of alkyl carbamates (subject to hydrolysis) is 1. The van der Waals surface area contributed by atoms with E-state index >= 15 is 0 Å². The van der Waals surface area contributed by atoms with Crippen LogP contribution in [0.4, 0.5) is 16.3 Å². The number of carbonyl (C=O) groups is 4. The molecular formula is C37H47N9O6. The molecule has 276 valence electrons. The van der Waals surface area contributed by atoms with Crippen molar-refractivity contribution >= 4 is 35.9 Å². The van der Waals surface area contributed by atoms with E-state index in [-0.39, 0.29) is 30.6 Å². The zero-order chi connectivity index (χ0) is 37.8. The summed E-state index contributed by atoms with van der Waals surface area (Å²) < 4.78 is 5.35. The van der Waals surface area contributed by atoms with E-state index in [0.717, 1.165) is 35.3 Å². The van der Waals surface area contributed by atoms with E-state index in [1.807, 2.05) is 82.4 Å². The molecule has 5 N–H and O–H groups in total. The number of H-pyrrole nitrogens is 1. The maximum absolute atomic E-state index is 14.1. The number of hydrogen-bond acceptors (Lipinski definition) is 11. The zero-order valence-electron chi connectivity index (χ0n) is 30.2. The Kier molecular flexibility index (Phi) is 13.5. The minimum atomic E-state index is -0.956. The molecule has 52 heavy (non-hydrogen) atoms. The maximum Gasteiger partial charge on any atom is 0.407 e. The lowest BCUT2D eigenvalue weighted by Crippen LogP contribution is -2.50. The highest BCUT2D eigenvalue weighted by Crippen LogP contribution is 2.32. The molecule has 2 aromatic heterocycles. The molecule has 0 spiro atoms. The van der Waals surface area contributed by atoms with Crippen LogP contribution in [0.1, 0.15) is 52.0 Å². The normalized spacial score (nSPS) is 16.0. The Hall–Kier alpha value is -5.70. The summed E-state index contributed by atoms with van der Waals surface area (Å²) in [6.45, 7) is 5.68. The van der Waals surface area contributed by atoms with Crippen LogP contribution in [0.5, 0.6) is 0 Å². The largest absolute Gasteiger partial charge is 0.483 e. The fraction of sp³-hybridized carbons (Fsp3) is 0.405. The van der Waals surface area contributed by atoms with Crippen LogP contribution in [0.2, 0.25) is 0 Å². The van der Waals surface area contributed by atoms with Crippen LogP contribution < -0.4 is 20.9 Å². The predicted octanol–water partition coefficient (Wildman–Crippen LogP) is 4.46. The first kappa shape index (κ1) is 39.1. The predicted molar refractivity (Wildman–Crippen MR) is 196 cm³/mol. The van der Waals surface area contributed by atoms with Crippen LogP contribution >= 0.6 is 0 Å². The average Bonchev–Trinajstić information content (AvgIpc) is 3.67. The molecule has 2 aromatic carbocycles. The molecule has 0 aliphatic heterocycles. The molecule has 4 aromatic rings. The van der Waals surface area contributed by atoms with Crippen molar-refractivity contribution in [1.82, 2.24) is 30.9 Å². The number of imide groups is 1. The number of pyridine rings is 1. The minimum absolute atomic E-state index is 0.210. The number of aromatic amines is 1. The third-order valence-electron chi connectivity index (χ3n) is 8.57. The molecule has 5 rings (SSSR count). The van der Waals surface area contributed by atoms with Gasteiger partial charge in [0, 0.05) is 43.9 Å². The number of tetrazole rings is 1. The first-order valence-corrected chi connectivity index (χ1v) is 17.0. The van der Waals surface area contributed by atoms with Crippen molar-refractivity contribution in [3.05, 3.63) is 72.4 Å². The van der Waals surface area contributed by atoms with Crippen LogP contribution in [0.15, 0.2) is 66.9 Å². The van der Waals surface area contributed by atoms with Crippen molar-refractivity contribution in [2.24, 2.45) is 17.6 Å². The van der Waals surface area contributed by atoms with Gasteiger partial charge < -0.3 is 25.8 Å². The fourth-order valence-electron chi connectivity index (χ4n) is 5.91. The number of anilines is 2. The summed E-state index contributed by atoms with van der Waals surface area (Å²) in [5.74, 6) is 0.365. The second-order valence-electron chi connectivity index (χ2n) is 13.8. The molecule has 1 aliphatic carbocycles. The Balaban J connectivity index is 0.00000195. The van der Waals surface area contributed by atoms with Crippen molar-refractivity contribution in [1.29, 1.82) is 0 Å². The highest BCUT2D eigenvalue weighted by molar-refractivity contribution is 6.17. The van der Waals surface area contributed by atoms with Gasteiger partial charge >= 0.3 is 6.09 Å². The Morgan fingerprint density at radius 2 is 1.60 bits per heavy atom. The van der Waals surface area contributed by atoms with Gasteiger partial charge in [0.25, 0.3) is 12.4 Å². The monoisotopic (exact) mass is 713 g/mol. The van der Waals surface area contributed by atoms with E-state index in [9.17, 15) is 14.4 Å². The Morgan fingerprint density at radius 1 is 0.981 bits per heavy atom. The number of rotatable bonds is 10. The molecule has 15 nitrogen and oxygen atoms in total. The van der Waals surface area contributed by atoms with Gasteiger partial charge in [-0.05, 0) is 112 Å². The summed E-state index contributed by atoms with van der Waals surface area (Å²) >= 11 is 0. The Morgan fingerprint density at radius 3 is 2.13 bits per heavy atom. The molecular weight excluding hydrogens is 666 g/mol. The lowest BCUT2D eigenvalue weighted by atomic mass is 9.81. The topological polar surface area (TPSA) is 210 Å². The quantitative estimate of drug-likeness (QED) is 0.168. The molecule has 15 heteroatoms. The summed E-state index contributed by atoms with van der Waals surface area (Å²) in [4.78, 5) is 56.3. The molecule has 1 saturated carbocycles. The number of aromatic nitrogens is 5. The SMILES string of the molecule is CN(C)c1ccc(-c2ccc(C[C@H](N)C(=O)N(C(=O)C3CCC(CNC(=O)OC(C)(C)C)CC3)c3ccc(-c4nn[nH]n4)cc3)cc2)cn1.O=CO. The summed E-state index contributed by atoms with van der Waals surface area (Å²) in [7, 11) is 3.89. The van der Waals surface area contributed by atoms with Gasteiger partial charge in [-0.25, -0.2) is 14.7 Å². The van der Waals surface area contributed by atoms with Gasteiger partial charge in [-0.3, -0.25) is 14.4 Å². The third kappa shape index (κ3) is 10.9. The number of nitrogens with zero attached hydrogens (tertiary/aromatic N) is 6. The van der Waals surface area contributed by atoms with E-state index in [1.165, 1.54) is 4.90 Å². The van der Waals surface area contributed by atoms with Gasteiger partial charge in [0.15, 0.2) is 0 Å². The van der Waals surface area contributed by atoms with Crippen LogP contribution in [0.3, 0.4) is 0 Å². The maximum atomic E-state index is 14.1. The fourth-order valence-corrected chi connectivity index (χ4v) is 5.91. The Labute approximate surface area is 302 Å². The molecule has 2 heterocycles. The van der Waals surface area contributed by atoms with E-state index in [4.69, 9.17) is 20.4 Å². The highest BCUT2D eigenvalue weighted by atomic mass is 16.6. The van der Waals surface area contributed by atoms with E-state index in [1.54, 1.807) is 24.3 Å². The second-order valence-corrected chi connectivity index (χ2v) is 13.8. The van der Waals surface area contributed by atoms with Gasteiger partial charge in [0.2, 0.25) is 11.7 Å². The standard InChI is InChI=1S/C36H45N9O4.CH2O2/c1-36(2,3)49-35(48)39-21-24-8-12-27(13-9-24)33(46)45(29-17-14-26(15-18-29)32-40-42-43-41-32)34(47)30(37)20-23-6-10-25(11-7-23)28-16-19-31(38-22-28)44(4)5;2-1-3/h6-7,10-11,14-19,22,24,27,30H,8-9,12-13,20-21,37H2,1-5H3,(H,39,48)(H,40,41,42,43);1H,(H,2,3)/t24?,27?,30-;/m0./s1. The van der Waals surface area contributed by atoms with Crippen molar-refractivity contribution in [3.63, 3.8) is 0 Å². The van der Waals surface area contributed by atoms with Crippen molar-refractivity contribution in [3.8, 4) is 22.5 Å². The summed E-state index contributed by atoms with van der Waals surface area (Å²) in [5.41, 5.74) is 9.94. The summed E-state index contributed by atoms with van der Waals surface area (Å²) in [6, 6.07) is 17.8. The molecule has 1 aliphatic rings. The van der Waals surface area contributed by atoms with E-state index < -0.39 is 23.6 Å². The van der Waals surface area contributed by atoms with Crippen molar-refractivity contribution < 1.29 is 29.0 Å². The van der Waals surface area contributed by atoms with E-state index in [2.05, 4.69) is 30.9 Å². The van der Waals surface area contributed by atoms with Gasteiger partial charge in [0.1, 0.15) is 11.4 Å². The van der Waals surface area contributed by atoms with E-state index in [0.29, 0.717) is 36.5 Å². The van der Waals surface area contributed by atoms with Crippen LogP contribution in [0.25, 0.3) is 22.5 Å². The smallest absolute Gasteiger partial charge is 0.407 e. The second kappa shape index (κ2) is 18.0. The lowest BCUT2D eigenvalue weighted by molar-refractivity contribution is -0.130. The van der Waals surface area contributed by atoms with Gasteiger partial charge in [-0.1, -0.05) is 24.3 Å². The highest BCUT2D eigenvalue weighted by Gasteiger charge is 2.35. The molecule has 1 atom stereocenters. The van der Waals surface area contributed by atoms with Gasteiger partial charge in [-0.2, -0.15) is 5.21 Å². The number of ether oxygens (including phenoxy) is 1. The van der Waals surface area contributed by atoms with Crippen molar-refractivity contribution in [2.75, 3.05) is 30.4 Å². The molecule has 3 amide bonds. The first-order valence-electron chi connectivity index (χ1n) is 17.0. The first-order chi connectivity index (χ1) is 24.8. The minimum Gasteiger partial charge on any atom is -0.483 e. The third-order valence-corrected chi connectivity index (χ3v) is 8.57. The van der Waals surface area contributed by atoms with Crippen LogP contribution in [-0.4, -0.2) is 87.4 Å². The molecule has 0 radical (unpaired) electrons. The van der Waals surface area contributed by atoms with Gasteiger partial charge in [-0.15, -0.1) is 10.2 Å². The van der Waals surface area contributed by atoms with Crippen molar-refractivity contribution in [2.45, 2.75) is 64.5 Å². The summed E-state index contributed by atoms with van der Waals surface area (Å²) in [6.07, 6.45) is 4.28. The van der Waals surface area contributed by atoms with Gasteiger partial charge in [0.05, 0.1) is 11.7 Å². The number of carboxylic acid groups (broad SMARTS) is 1. The molecule has 0 bridgehead atoms. The average molecular weight is 714 g/mol. The van der Waals surface area contributed by atoms with Crippen LogP contribution in [-0.2, 0) is 25.5 Å². The number of hydrogen-bond donors (Lipinski definition) is 4. The molecule has 0 saturated heterocycles. The Bertz CT molecular complexity index is 1750. The van der Waals surface area contributed by atoms with Crippen LogP contribution in [0, 0.1) is 11.8 Å². The summed E-state index contributed by atoms with van der Waals surface area (Å²) in [5, 5.41) is 23.8. The zero-order valence-corrected chi connectivity index (χ0v) is 30.2. The molecule has 0 unspecified atom stereocenters. The molecule has 1 fully saturated rings.